The van der Waals surface area contributed by atoms with E-state index in [2.05, 4.69) is 15.3 Å². The number of fused-ring (bicyclic) bond motifs is 1. The van der Waals surface area contributed by atoms with Crippen molar-refractivity contribution in [2.75, 3.05) is 12.3 Å². The second-order valence-corrected chi connectivity index (χ2v) is 6.88. The Morgan fingerprint density at radius 2 is 2.19 bits per heavy atom. The largest absolute Gasteiger partial charge is 0.506 e. The second kappa shape index (κ2) is 6.59. The SMILES string of the molecule is Cn1c2c(c(Cc3ccc(Cl)c(O)c3)c1-c1ccnc(N)n1)C(=O)NCC2. The molecular formula is C19H18ClN5O2. The zero-order valence-electron chi connectivity index (χ0n) is 14.7. The first-order valence-corrected chi connectivity index (χ1v) is 8.88. The highest BCUT2D eigenvalue weighted by Crippen LogP contribution is 2.35. The van der Waals surface area contributed by atoms with Crippen LogP contribution in [0.2, 0.25) is 5.02 Å². The number of nitrogens with zero attached hydrogens (tertiary/aromatic N) is 3. The summed E-state index contributed by atoms with van der Waals surface area (Å²) in [5.41, 5.74) is 10.5. The molecule has 3 aromatic rings. The van der Waals surface area contributed by atoms with Crippen LogP contribution in [0.15, 0.2) is 30.5 Å². The van der Waals surface area contributed by atoms with Crippen LogP contribution in [0.4, 0.5) is 5.95 Å². The van der Waals surface area contributed by atoms with Gasteiger partial charge in [0.2, 0.25) is 5.95 Å². The van der Waals surface area contributed by atoms with Crippen LogP contribution in [0.3, 0.4) is 0 Å². The van der Waals surface area contributed by atoms with Gasteiger partial charge < -0.3 is 20.7 Å². The lowest BCUT2D eigenvalue weighted by molar-refractivity contribution is 0.0944. The molecule has 1 aliphatic heterocycles. The van der Waals surface area contributed by atoms with Gasteiger partial charge >= 0.3 is 0 Å². The number of hydrogen-bond acceptors (Lipinski definition) is 5. The molecule has 3 heterocycles. The van der Waals surface area contributed by atoms with Gasteiger partial charge in [-0.3, -0.25) is 4.79 Å². The Balaban J connectivity index is 1.92. The Labute approximate surface area is 160 Å². The third kappa shape index (κ3) is 3.00. The molecule has 0 saturated heterocycles. The molecule has 0 aliphatic carbocycles. The van der Waals surface area contributed by atoms with E-state index in [1.165, 1.54) is 0 Å². The summed E-state index contributed by atoms with van der Waals surface area (Å²) in [5, 5.41) is 13.1. The van der Waals surface area contributed by atoms with Crippen LogP contribution in [-0.4, -0.2) is 32.1 Å². The van der Waals surface area contributed by atoms with Crippen molar-refractivity contribution >= 4 is 23.5 Å². The predicted octanol–water partition coefficient (Wildman–Crippen LogP) is 2.30. The summed E-state index contributed by atoms with van der Waals surface area (Å²) in [6.45, 7) is 0.593. The van der Waals surface area contributed by atoms with Gasteiger partial charge in [-0.1, -0.05) is 17.7 Å². The van der Waals surface area contributed by atoms with E-state index in [-0.39, 0.29) is 22.6 Å². The third-order valence-corrected chi connectivity index (χ3v) is 5.12. The Morgan fingerprint density at radius 3 is 2.93 bits per heavy atom. The molecular weight excluding hydrogens is 366 g/mol. The first-order chi connectivity index (χ1) is 13.0. The van der Waals surface area contributed by atoms with Crippen LogP contribution in [0.1, 0.15) is 27.2 Å². The number of anilines is 1. The van der Waals surface area contributed by atoms with E-state index in [0.29, 0.717) is 24.2 Å². The quantitative estimate of drug-likeness (QED) is 0.643. The number of amides is 1. The minimum Gasteiger partial charge on any atom is -0.506 e. The molecule has 0 saturated carbocycles. The monoisotopic (exact) mass is 383 g/mol. The van der Waals surface area contributed by atoms with Crippen molar-refractivity contribution in [2.24, 2.45) is 7.05 Å². The Morgan fingerprint density at radius 1 is 1.37 bits per heavy atom. The van der Waals surface area contributed by atoms with Gasteiger partial charge in [-0.2, -0.15) is 0 Å². The fourth-order valence-corrected chi connectivity index (χ4v) is 3.74. The molecule has 7 nitrogen and oxygen atoms in total. The molecule has 0 bridgehead atoms. The van der Waals surface area contributed by atoms with Crippen LogP contribution < -0.4 is 11.1 Å². The molecule has 0 atom stereocenters. The van der Waals surface area contributed by atoms with Crippen molar-refractivity contribution in [1.29, 1.82) is 0 Å². The molecule has 4 N–H and O–H groups in total. The van der Waals surface area contributed by atoms with E-state index in [1.54, 1.807) is 24.4 Å². The minimum atomic E-state index is -0.103. The molecule has 8 heteroatoms. The van der Waals surface area contributed by atoms with E-state index in [1.807, 2.05) is 17.7 Å². The number of hydrogen-bond donors (Lipinski definition) is 3. The lowest BCUT2D eigenvalue weighted by Crippen LogP contribution is -2.32. The zero-order chi connectivity index (χ0) is 19.1. The summed E-state index contributed by atoms with van der Waals surface area (Å²) < 4.78 is 2.00. The number of carbonyl (C=O) groups is 1. The molecule has 1 amide bonds. The number of nitrogens with two attached hydrogens (primary N) is 1. The number of phenols is 1. The standard InChI is InChI=1S/C19H18ClN5O2/c1-25-14-5-7-22-18(27)16(14)11(8-10-2-3-12(20)15(26)9-10)17(25)13-4-6-23-19(21)24-13/h2-4,6,9,26H,5,7-8H2,1H3,(H,22,27)(H2,21,23,24). The number of aromatic nitrogens is 3. The van der Waals surface area contributed by atoms with Gasteiger partial charge in [0.25, 0.3) is 5.91 Å². The zero-order valence-corrected chi connectivity index (χ0v) is 15.4. The highest BCUT2D eigenvalue weighted by molar-refractivity contribution is 6.32. The first kappa shape index (κ1) is 17.4. The van der Waals surface area contributed by atoms with Crippen LogP contribution in [0.5, 0.6) is 5.75 Å². The van der Waals surface area contributed by atoms with Gasteiger partial charge in [-0.15, -0.1) is 0 Å². The van der Waals surface area contributed by atoms with Crippen LogP contribution in [-0.2, 0) is 19.9 Å². The van der Waals surface area contributed by atoms with Gasteiger partial charge in [0.05, 0.1) is 22.0 Å². The Hall–Kier alpha value is -3.06. The molecule has 1 aromatic carbocycles. The molecule has 2 aromatic heterocycles. The molecule has 0 spiro atoms. The minimum absolute atomic E-state index is 0.0104. The first-order valence-electron chi connectivity index (χ1n) is 8.50. The van der Waals surface area contributed by atoms with Crippen molar-refractivity contribution < 1.29 is 9.90 Å². The number of nitrogens with one attached hydrogen (secondary N) is 1. The molecule has 4 rings (SSSR count). The van der Waals surface area contributed by atoms with Crippen molar-refractivity contribution in [3.05, 3.63) is 57.9 Å². The summed E-state index contributed by atoms with van der Waals surface area (Å²) in [6, 6.07) is 6.86. The fourth-order valence-electron chi connectivity index (χ4n) is 3.62. The fraction of sp³-hybridized carbons (Fsp3) is 0.211. The number of carbonyl (C=O) groups excluding carboxylic acids is 1. The van der Waals surface area contributed by atoms with Gasteiger partial charge in [-0.25, -0.2) is 9.97 Å². The number of halogens is 1. The van der Waals surface area contributed by atoms with Gasteiger partial charge in [0.1, 0.15) is 5.75 Å². The topological polar surface area (TPSA) is 106 Å². The molecule has 0 radical (unpaired) electrons. The average molecular weight is 384 g/mol. The highest BCUT2D eigenvalue weighted by atomic mass is 35.5. The summed E-state index contributed by atoms with van der Waals surface area (Å²) in [6.07, 6.45) is 2.78. The Bertz CT molecular complexity index is 1060. The van der Waals surface area contributed by atoms with Crippen molar-refractivity contribution in [2.45, 2.75) is 12.8 Å². The van der Waals surface area contributed by atoms with Gasteiger partial charge in [-0.05, 0) is 29.3 Å². The van der Waals surface area contributed by atoms with Crippen LogP contribution in [0.25, 0.3) is 11.4 Å². The van der Waals surface area contributed by atoms with Crippen molar-refractivity contribution in [3.8, 4) is 17.1 Å². The number of aromatic hydroxyl groups is 1. The summed E-state index contributed by atoms with van der Waals surface area (Å²) >= 11 is 5.92. The molecule has 0 unspecified atom stereocenters. The smallest absolute Gasteiger partial charge is 0.253 e. The normalized spacial score (nSPS) is 13.3. The second-order valence-electron chi connectivity index (χ2n) is 6.48. The molecule has 1 aliphatic rings. The predicted molar refractivity (Wildman–Crippen MR) is 103 cm³/mol. The number of phenolic OH excluding ortho intramolecular Hbond substituents is 1. The van der Waals surface area contributed by atoms with Crippen molar-refractivity contribution in [3.63, 3.8) is 0 Å². The third-order valence-electron chi connectivity index (χ3n) is 4.80. The average Bonchev–Trinajstić information content (AvgIpc) is 2.91. The van der Waals surface area contributed by atoms with Gasteiger partial charge in [0, 0.05) is 38.3 Å². The number of nitrogen functional groups attached to an aromatic ring is 1. The maximum absolute atomic E-state index is 12.6. The Kier molecular flexibility index (Phi) is 4.24. The van der Waals surface area contributed by atoms with E-state index in [0.717, 1.165) is 28.9 Å². The lowest BCUT2D eigenvalue weighted by atomic mass is 9.96. The summed E-state index contributed by atoms with van der Waals surface area (Å²) in [7, 11) is 1.92. The summed E-state index contributed by atoms with van der Waals surface area (Å²) in [4.78, 5) is 20.9. The van der Waals surface area contributed by atoms with E-state index in [4.69, 9.17) is 17.3 Å². The number of benzene rings is 1. The van der Waals surface area contributed by atoms with E-state index >= 15 is 0 Å². The molecule has 138 valence electrons. The number of rotatable bonds is 3. The van der Waals surface area contributed by atoms with E-state index < -0.39 is 0 Å². The summed E-state index contributed by atoms with van der Waals surface area (Å²) in [5.74, 6) is 0.0794. The highest BCUT2D eigenvalue weighted by Gasteiger charge is 2.29. The maximum atomic E-state index is 12.6. The maximum Gasteiger partial charge on any atom is 0.253 e. The lowest BCUT2D eigenvalue weighted by Gasteiger charge is -2.15. The molecule has 27 heavy (non-hydrogen) atoms. The van der Waals surface area contributed by atoms with Gasteiger partial charge in [0.15, 0.2) is 0 Å². The van der Waals surface area contributed by atoms with E-state index in [9.17, 15) is 9.90 Å². The van der Waals surface area contributed by atoms with Crippen LogP contribution in [0, 0.1) is 0 Å². The van der Waals surface area contributed by atoms with Crippen LogP contribution >= 0.6 is 11.6 Å². The molecule has 0 fully saturated rings. The van der Waals surface area contributed by atoms with Crippen molar-refractivity contribution in [1.82, 2.24) is 19.9 Å².